The van der Waals surface area contributed by atoms with Crippen LogP contribution in [-0.2, 0) is 9.16 Å². The lowest BCUT2D eigenvalue weighted by molar-refractivity contribution is 0.0528. The summed E-state index contributed by atoms with van der Waals surface area (Å²) in [6.07, 6.45) is 3.17. The van der Waals surface area contributed by atoms with Crippen LogP contribution in [0.1, 0.15) is 63.5 Å². The Balaban J connectivity index is 1.77. The Kier molecular flexibility index (Phi) is 8.84. The number of carbonyl (C=O) groups excluding carboxylic acids is 1. The van der Waals surface area contributed by atoms with Crippen molar-refractivity contribution in [3.8, 4) is 0 Å². The van der Waals surface area contributed by atoms with Gasteiger partial charge in [-0.2, -0.15) is 5.10 Å². The Hall–Kier alpha value is -2.43. The number of carbonyl (C=O) groups is 1. The Morgan fingerprint density at radius 3 is 2.64 bits per heavy atom. The van der Waals surface area contributed by atoms with Gasteiger partial charge in [-0.3, -0.25) is 0 Å². The summed E-state index contributed by atoms with van der Waals surface area (Å²) < 4.78 is 27.3. The highest BCUT2D eigenvalue weighted by molar-refractivity contribution is 8.00. The number of hydrogen-bond acceptors (Lipinski definition) is 7. The van der Waals surface area contributed by atoms with Crippen molar-refractivity contribution in [1.82, 2.24) is 14.6 Å². The summed E-state index contributed by atoms with van der Waals surface area (Å²) in [6, 6.07) is 6.40. The molecule has 10 heteroatoms. The number of nitrogens with one attached hydrogen (secondary N) is 1. The van der Waals surface area contributed by atoms with Gasteiger partial charge in [0.25, 0.3) is 0 Å². The average Bonchev–Trinajstić information content (AvgIpc) is 3.21. The number of esters is 1. The summed E-state index contributed by atoms with van der Waals surface area (Å²) in [5, 5.41) is 7.86. The molecule has 1 aromatic carbocycles. The Labute approximate surface area is 218 Å². The van der Waals surface area contributed by atoms with Crippen LogP contribution in [0.25, 0.3) is 5.65 Å². The van der Waals surface area contributed by atoms with E-state index >= 15 is 0 Å². The van der Waals surface area contributed by atoms with Crippen molar-refractivity contribution in [3.63, 3.8) is 0 Å². The first-order valence-electron chi connectivity index (χ1n) is 12.2. The standard InChI is InChI=1S/C26H37FN4O3SSi/c1-9-33-25(32)21-15-28-31-13-12-23(30-24(21)31)29-18(3)20-14-19(27)10-11-22(20)35-17(2)16-34-36(7,8)26(4,5)6/h10-15,17-18H,9,16H2,1-8H3,(H,29,30)/t17?,18-/m1/s1. The molecule has 0 fully saturated rings. The average molecular weight is 533 g/mol. The fourth-order valence-corrected chi connectivity index (χ4v) is 5.67. The van der Waals surface area contributed by atoms with E-state index in [0.29, 0.717) is 23.6 Å². The smallest absolute Gasteiger partial charge is 0.343 e. The van der Waals surface area contributed by atoms with Crippen molar-refractivity contribution in [2.75, 3.05) is 18.5 Å². The zero-order valence-electron chi connectivity index (χ0n) is 22.4. The molecule has 0 spiro atoms. The predicted molar refractivity (Wildman–Crippen MR) is 146 cm³/mol. The van der Waals surface area contributed by atoms with E-state index in [2.05, 4.69) is 56.2 Å². The number of thioether (sulfide) groups is 1. The molecule has 7 nitrogen and oxygen atoms in total. The molecule has 2 heterocycles. The fraction of sp³-hybridized carbons (Fsp3) is 0.500. The highest BCUT2D eigenvalue weighted by Crippen LogP contribution is 2.38. The molecule has 0 amide bonds. The molecule has 196 valence electrons. The molecule has 3 rings (SSSR count). The molecular weight excluding hydrogens is 495 g/mol. The van der Waals surface area contributed by atoms with Gasteiger partial charge in [0.1, 0.15) is 17.2 Å². The molecule has 0 radical (unpaired) electrons. The number of hydrogen-bond donors (Lipinski definition) is 1. The number of ether oxygens (including phenoxy) is 1. The number of fused-ring (bicyclic) bond motifs is 1. The zero-order valence-corrected chi connectivity index (χ0v) is 24.2. The maximum absolute atomic E-state index is 14.3. The van der Waals surface area contributed by atoms with Gasteiger partial charge in [0.05, 0.1) is 18.8 Å². The first-order valence-corrected chi connectivity index (χ1v) is 16.0. The lowest BCUT2D eigenvalue weighted by Crippen LogP contribution is -2.42. The molecular formula is C26H37FN4O3SSi. The van der Waals surface area contributed by atoms with Crippen LogP contribution in [0.15, 0.2) is 41.6 Å². The first kappa shape index (κ1) is 28.1. The number of aromatic nitrogens is 3. The van der Waals surface area contributed by atoms with Crippen LogP contribution >= 0.6 is 11.8 Å². The highest BCUT2D eigenvalue weighted by atomic mass is 32.2. The van der Waals surface area contributed by atoms with E-state index in [1.807, 2.05) is 13.0 Å². The lowest BCUT2D eigenvalue weighted by atomic mass is 10.1. The van der Waals surface area contributed by atoms with E-state index in [0.717, 1.165) is 10.5 Å². The molecule has 3 aromatic rings. The van der Waals surface area contributed by atoms with Crippen LogP contribution in [0.5, 0.6) is 0 Å². The third-order valence-electron chi connectivity index (χ3n) is 6.48. The SMILES string of the molecule is CCOC(=O)c1cnn2ccc(N[C@H](C)c3cc(F)ccc3SC(C)CO[Si](C)(C)C(C)(C)C)nc12. The molecule has 0 aliphatic rings. The Bertz CT molecular complexity index is 1210. The van der Waals surface area contributed by atoms with Gasteiger partial charge in [-0.25, -0.2) is 18.7 Å². The van der Waals surface area contributed by atoms with Gasteiger partial charge in [0, 0.05) is 22.9 Å². The second-order valence-electron chi connectivity index (χ2n) is 10.4. The maximum Gasteiger partial charge on any atom is 0.343 e. The molecule has 0 aliphatic carbocycles. The summed E-state index contributed by atoms with van der Waals surface area (Å²) >= 11 is 1.68. The van der Waals surface area contributed by atoms with Crippen molar-refractivity contribution in [1.29, 1.82) is 0 Å². The van der Waals surface area contributed by atoms with Gasteiger partial charge in [0.15, 0.2) is 14.0 Å². The predicted octanol–water partition coefficient (Wildman–Crippen LogP) is 6.72. The molecule has 0 aliphatic heterocycles. The van der Waals surface area contributed by atoms with Crippen molar-refractivity contribution < 1.29 is 18.3 Å². The molecule has 2 aromatic heterocycles. The van der Waals surface area contributed by atoms with Crippen LogP contribution in [-0.4, -0.2) is 47.3 Å². The largest absolute Gasteiger partial charge is 0.462 e. The minimum absolute atomic E-state index is 0.146. The van der Waals surface area contributed by atoms with Crippen LogP contribution < -0.4 is 5.32 Å². The van der Waals surface area contributed by atoms with E-state index in [9.17, 15) is 9.18 Å². The summed E-state index contributed by atoms with van der Waals surface area (Å²) in [7, 11) is -1.85. The summed E-state index contributed by atoms with van der Waals surface area (Å²) in [6.45, 7) is 17.9. The summed E-state index contributed by atoms with van der Waals surface area (Å²) in [4.78, 5) is 17.8. The van der Waals surface area contributed by atoms with Crippen molar-refractivity contribution >= 4 is 37.5 Å². The highest BCUT2D eigenvalue weighted by Gasteiger charge is 2.37. The second-order valence-corrected chi connectivity index (χ2v) is 16.7. The van der Waals surface area contributed by atoms with Gasteiger partial charge >= 0.3 is 5.97 Å². The third-order valence-corrected chi connectivity index (χ3v) is 12.1. The van der Waals surface area contributed by atoms with E-state index in [4.69, 9.17) is 9.16 Å². The molecule has 0 bridgehead atoms. The van der Waals surface area contributed by atoms with E-state index < -0.39 is 14.3 Å². The van der Waals surface area contributed by atoms with Crippen LogP contribution in [0.3, 0.4) is 0 Å². The number of anilines is 1. The monoisotopic (exact) mass is 532 g/mol. The lowest BCUT2D eigenvalue weighted by Gasteiger charge is -2.37. The number of benzene rings is 1. The van der Waals surface area contributed by atoms with Crippen molar-refractivity contribution in [3.05, 3.63) is 53.6 Å². The van der Waals surface area contributed by atoms with Gasteiger partial charge in [-0.15, -0.1) is 11.8 Å². The van der Waals surface area contributed by atoms with Gasteiger partial charge < -0.3 is 14.5 Å². The Morgan fingerprint density at radius 1 is 1.25 bits per heavy atom. The summed E-state index contributed by atoms with van der Waals surface area (Å²) in [5.74, 6) is -0.213. The first-order chi connectivity index (χ1) is 16.8. The molecule has 1 unspecified atom stereocenters. The topological polar surface area (TPSA) is 77.8 Å². The van der Waals surface area contributed by atoms with Crippen molar-refractivity contribution in [2.24, 2.45) is 0 Å². The van der Waals surface area contributed by atoms with Crippen molar-refractivity contribution in [2.45, 2.75) is 75.9 Å². The summed E-state index contributed by atoms with van der Waals surface area (Å²) in [5.41, 5.74) is 1.53. The Morgan fingerprint density at radius 2 is 1.97 bits per heavy atom. The molecule has 1 N–H and O–H groups in total. The van der Waals surface area contributed by atoms with Gasteiger partial charge in [0.2, 0.25) is 0 Å². The fourth-order valence-electron chi connectivity index (χ4n) is 3.36. The van der Waals surface area contributed by atoms with Gasteiger partial charge in [-0.05, 0) is 61.8 Å². The molecule has 2 atom stereocenters. The molecule has 0 saturated heterocycles. The third kappa shape index (κ3) is 6.66. The molecule has 0 saturated carbocycles. The second kappa shape index (κ2) is 11.3. The quantitative estimate of drug-likeness (QED) is 0.176. The minimum Gasteiger partial charge on any atom is -0.462 e. The number of rotatable bonds is 10. The van der Waals surface area contributed by atoms with Crippen LogP contribution in [0.4, 0.5) is 10.2 Å². The number of halogens is 1. The normalized spacial score (nSPS) is 14.0. The zero-order chi connectivity index (χ0) is 26.7. The van der Waals surface area contributed by atoms with Crippen LogP contribution in [0.2, 0.25) is 18.1 Å². The van der Waals surface area contributed by atoms with E-state index in [1.165, 1.54) is 16.8 Å². The minimum atomic E-state index is -1.85. The van der Waals surface area contributed by atoms with Crippen LogP contribution in [0, 0.1) is 5.82 Å². The maximum atomic E-state index is 14.3. The van der Waals surface area contributed by atoms with E-state index in [-0.39, 0.29) is 28.8 Å². The molecule has 36 heavy (non-hydrogen) atoms. The number of nitrogens with zero attached hydrogens (tertiary/aromatic N) is 3. The van der Waals surface area contributed by atoms with Gasteiger partial charge in [-0.1, -0.05) is 27.7 Å². The van der Waals surface area contributed by atoms with E-state index in [1.54, 1.807) is 37.0 Å².